The molecule has 0 unspecified atom stereocenters. The second-order valence-electron chi connectivity index (χ2n) is 9.65. The Kier molecular flexibility index (Phi) is 9.24. The Morgan fingerprint density at radius 3 is 2.46 bits per heavy atom. The van der Waals surface area contributed by atoms with Crippen molar-refractivity contribution in [3.05, 3.63) is 88.5 Å². The van der Waals surface area contributed by atoms with Gasteiger partial charge in [-0.05, 0) is 81.4 Å². The summed E-state index contributed by atoms with van der Waals surface area (Å²) in [6.45, 7) is 6.50. The van der Waals surface area contributed by atoms with Crippen LogP contribution in [-0.2, 0) is 16.1 Å². The third-order valence-corrected chi connectivity index (χ3v) is 6.77. The average molecular weight is 579 g/mol. The van der Waals surface area contributed by atoms with Crippen LogP contribution in [0, 0.1) is 11.2 Å². The largest absolute Gasteiger partial charge is 0.466 e. The number of fused-ring (bicyclic) bond motifs is 1. The van der Waals surface area contributed by atoms with Crippen LogP contribution in [-0.4, -0.2) is 40.4 Å². The van der Waals surface area contributed by atoms with E-state index in [1.54, 1.807) is 31.2 Å². The summed E-state index contributed by atoms with van der Waals surface area (Å²) in [5, 5.41) is 10.8. The predicted molar refractivity (Wildman–Crippen MR) is 159 cm³/mol. The zero-order valence-corrected chi connectivity index (χ0v) is 23.8. The Bertz CT molecular complexity index is 1590. The van der Waals surface area contributed by atoms with E-state index in [4.69, 9.17) is 32.5 Å². The van der Waals surface area contributed by atoms with E-state index in [1.807, 2.05) is 18.2 Å². The van der Waals surface area contributed by atoms with Gasteiger partial charge in [0.05, 0.1) is 35.6 Å². The second kappa shape index (κ2) is 12.8. The number of imidazole rings is 1. The molecule has 0 bridgehead atoms. The SMILES string of the molecule is CCOC(=O)CCN(C(=O)c1ccc2c(c1)nc(CNc1ccc(C(=N)N)cc1)n2C(C)C)c1ccc(F)c(Cl)c1. The number of nitrogens with zero attached hydrogens (tertiary/aromatic N) is 3. The minimum absolute atomic E-state index is 0.00508. The van der Waals surface area contributed by atoms with Crippen molar-refractivity contribution >= 4 is 51.7 Å². The third-order valence-electron chi connectivity index (χ3n) is 6.48. The number of esters is 1. The van der Waals surface area contributed by atoms with E-state index in [1.165, 1.54) is 23.1 Å². The maximum Gasteiger partial charge on any atom is 0.307 e. The van der Waals surface area contributed by atoms with Gasteiger partial charge in [-0.3, -0.25) is 15.0 Å². The van der Waals surface area contributed by atoms with Gasteiger partial charge in [-0.25, -0.2) is 9.37 Å². The summed E-state index contributed by atoms with van der Waals surface area (Å²) < 4.78 is 21.0. The van der Waals surface area contributed by atoms with Crippen molar-refractivity contribution in [2.75, 3.05) is 23.4 Å². The molecule has 0 radical (unpaired) electrons. The normalized spacial score (nSPS) is 11.1. The lowest BCUT2D eigenvalue weighted by atomic mass is 10.1. The van der Waals surface area contributed by atoms with Crippen LogP contribution in [0.15, 0.2) is 60.7 Å². The third kappa shape index (κ3) is 6.83. The number of nitrogen functional groups attached to an aromatic ring is 1. The number of carbonyl (C=O) groups is 2. The summed E-state index contributed by atoms with van der Waals surface area (Å²) in [5.41, 5.74) is 9.25. The molecule has 0 aliphatic carbocycles. The molecule has 0 atom stereocenters. The van der Waals surface area contributed by atoms with Crippen molar-refractivity contribution < 1.29 is 18.7 Å². The number of hydrogen-bond donors (Lipinski definition) is 3. The highest BCUT2D eigenvalue weighted by Gasteiger charge is 2.22. The van der Waals surface area contributed by atoms with Crippen LogP contribution < -0.4 is 16.0 Å². The molecular formula is C30H32ClFN6O3. The molecule has 1 heterocycles. The smallest absolute Gasteiger partial charge is 0.307 e. The molecule has 0 saturated heterocycles. The van der Waals surface area contributed by atoms with E-state index in [2.05, 4.69) is 23.7 Å². The van der Waals surface area contributed by atoms with E-state index < -0.39 is 11.8 Å². The lowest BCUT2D eigenvalue weighted by molar-refractivity contribution is -0.142. The van der Waals surface area contributed by atoms with Gasteiger partial charge in [0.2, 0.25) is 0 Å². The number of amidine groups is 1. The molecule has 41 heavy (non-hydrogen) atoms. The van der Waals surface area contributed by atoms with Gasteiger partial charge in [0.1, 0.15) is 17.5 Å². The first kappa shape index (κ1) is 29.5. The Labute approximate surface area is 242 Å². The van der Waals surface area contributed by atoms with Gasteiger partial charge in [-0.2, -0.15) is 0 Å². The fourth-order valence-corrected chi connectivity index (χ4v) is 4.70. The highest BCUT2D eigenvalue weighted by molar-refractivity contribution is 6.31. The molecule has 4 N–H and O–H groups in total. The van der Waals surface area contributed by atoms with Crippen LogP contribution in [0.4, 0.5) is 15.8 Å². The van der Waals surface area contributed by atoms with Crippen molar-refractivity contribution in [2.45, 2.75) is 39.8 Å². The zero-order chi connectivity index (χ0) is 29.7. The number of rotatable bonds is 11. The van der Waals surface area contributed by atoms with E-state index in [-0.39, 0.29) is 42.4 Å². The number of carbonyl (C=O) groups excluding carboxylic acids is 2. The number of amides is 1. The lowest BCUT2D eigenvalue weighted by Gasteiger charge is -2.23. The van der Waals surface area contributed by atoms with Gasteiger partial charge >= 0.3 is 5.97 Å². The zero-order valence-electron chi connectivity index (χ0n) is 23.1. The van der Waals surface area contributed by atoms with Crippen molar-refractivity contribution in [3.63, 3.8) is 0 Å². The molecule has 0 fully saturated rings. The molecule has 0 saturated carbocycles. The molecule has 9 nitrogen and oxygen atoms in total. The van der Waals surface area contributed by atoms with Crippen LogP contribution >= 0.6 is 11.6 Å². The Morgan fingerprint density at radius 2 is 1.83 bits per heavy atom. The minimum atomic E-state index is -0.607. The number of halogens is 2. The maximum absolute atomic E-state index is 13.9. The number of anilines is 2. The van der Waals surface area contributed by atoms with Gasteiger partial charge in [-0.15, -0.1) is 0 Å². The second-order valence-corrected chi connectivity index (χ2v) is 10.1. The minimum Gasteiger partial charge on any atom is -0.466 e. The number of hydrogen-bond acceptors (Lipinski definition) is 6. The molecule has 4 rings (SSSR count). The summed E-state index contributed by atoms with van der Waals surface area (Å²) in [7, 11) is 0. The van der Waals surface area contributed by atoms with E-state index in [0.29, 0.717) is 28.9 Å². The van der Waals surface area contributed by atoms with Gasteiger partial charge < -0.3 is 25.3 Å². The summed E-state index contributed by atoms with van der Waals surface area (Å²) in [6, 6.07) is 16.6. The van der Waals surface area contributed by atoms with Gasteiger partial charge in [-0.1, -0.05) is 11.6 Å². The molecule has 214 valence electrons. The van der Waals surface area contributed by atoms with Crippen molar-refractivity contribution in [1.82, 2.24) is 9.55 Å². The summed E-state index contributed by atoms with van der Waals surface area (Å²) in [4.78, 5) is 32.0. The first-order chi connectivity index (χ1) is 19.6. The summed E-state index contributed by atoms with van der Waals surface area (Å²) in [6.07, 6.45) is -0.0397. The molecule has 11 heteroatoms. The fourth-order valence-electron chi connectivity index (χ4n) is 4.52. The first-order valence-electron chi connectivity index (χ1n) is 13.2. The molecule has 1 aromatic heterocycles. The molecule has 0 aliphatic rings. The van der Waals surface area contributed by atoms with Crippen molar-refractivity contribution in [1.29, 1.82) is 5.41 Å². The number of aromatic nitrogens is 2. The van der Waals surface area contributed by atoms with E-state index in [9.17, 15) is 14.0 Å². The maximum atomic E-state index is 13.9. The van der Waals surface area contributed by atoms with Gasteiger partial charge in [0.15, 0.2) is 0 Å². The lowest BCUT2D eigenvalue weighted by Crippen LogP contribution is -2.33. The molecule has 3 aromatic carbocycles. The van der Waals surface area contributed by atoms with Crippen LogP contribution in [0.3, 0.4) is 0 Å². The highest BCUT2D eigenvalue weighted by Crippen LogP contribution is 2.27. The summed E-state index contributed by atoms with van der Waals surface area (Å²) in [5.74, 6) is -0.657. The van der Waals surface area contributed by atoms with Crippen LogP contribution in [0.1, 0.15) is 55.0 Å². The fraction of sp³-hybridized carbons (Fsp3) is 0.267. The molecule has 4 aromatic rings. The Balaban J connectivity index is 1.64. The monoisotopic (exact) mass is 578 g/mol. The molecule has 1 amide bonds. The standard InChI is InChI=1S/C30H32ClFN6O3/c1-4-41-28(39)13-14-37(22-10-11-24(32)23(31)16-22)30(40)20-7-12-26-25(15-20)36-27(38(26)18(2)3)17-35-21-8-5-19(6-9-21)29(33)34/h5-12,15-16,18,35H,4,13-14,17H2,1-3H3,(H3,33,34). The van der Waals surface area contributed by atoms with E-state index >= 15 is 0 Å². The van der Waals surface area contributed by atoms with Crippen molar-refractivity contribution in [2.24, 2.45) is 5.73 Å². The number of ether oxygens (including phenoxy) is 1. The van der Waals surface area contributed by atoms with Crippen LogP contribution in [0.2, 0.25) is 5.02 Å². The Hall–Kier alpha value is -4.44. The number of nitrogens with two attached hydrogens (primary N) is 1. The first-order valence-corrected chi connectivity index (χ1v) is 13.6. The summed E-state index contributed by atoms with van der Waals surface area (Å²) >= 11 is 6.01. The van der Waals surface area contributed by atoms with Gasteiger partial charge in [0, 0.05) is 35.1 Å². The molecule has 0 aliphatic heterocycles. The topological polar surface area (TPSA) is 126 Å². The molecule has 0 spiro atoms. The van der Waals surface area contributed by atoms with Crippen LogP contribution in [0.5, 0.6) is 0 Å². The average Bonchev–Trinajstić information content (AvgIpc) is 3.32. The van der Waals surface area contributed by atoms with Crippen LogP contribution in [0.25, 0.3) is 11.0 Å². The number of nitrogens with one attached hydrogen (secondary N) is 2. The van der Waals surface area contributed by atoms with Crippen molar-refractivity contribution in [3.8, 4) is 0 Å². The van der Waals surface area contributed by atoms with Gasteiger partial charge in [0.25, 0.3) is 5.91 Å². The Morgan fingerprint density at radius 1 is 1.12 bits per heavy atom. The highest BCUT2D eigenvalue weighted by atomic mass is 35.5. The number of benzene rings is 3. The quantitative estimate of drug-likeness (QED) is 0.115. The molecular weight excluding hydrogens is 547 g/mol. The van der Waals surface area contributed by atoms with E-state index in [0.717, 1.165) is 17.0 Å². The predicted octanol–water partition coefficient (Wildman–Crippen LogP) is 5.91.